The number of amides is 2. The fraction of sp³-hybridized carbons (Fsp3) is 0.714. The van der Waals surface area contributed by atoms with Crippen molar-refractivity contribution in [3.63, 3.8) is 0 Å². The molecule has 0 bridgehead atoms. The van der Waals surface area contributed by atoms with Gasteiger partial charge in [-0.2, -0.15) is 11.8 Å². The fourth-order valence-electron chi connectivity index (χ4n) is 5.23. The lowest BCUT2D eigenvalue weighted by molar-refractivity contribution is -0.161. The molecule has 34 heavy (non-hydrogen) atoms. The minimum atomic E-state index is -0.677. The molecular formula is C28H45N3O2S. The van der Waals surface area contributed by atoms with Gasteiger partial charge in [0.15, 0.2) is 0 Å². The zero-order valence-corrected chi connectivity index (χ0v) is 22.8. The quantitative estimate of drug-likeness (QED) is 0.484. The SMILES string of the molecule is CC(C)C[C@@H]1NC(=O)C2(CCN(CCCCc3ccccc3)CC2)N(CCSC(C)(C)C)C1=O. The molecule has 190 valence electrons. The predicted octanol–water partition coefficient (Wildman–Crippen LogP) is 4.75. The first-order valence-corrected chi connectivity index (χ1v) is 14.1. The van der Waals surface area contributed by atoms with Crippen molar-refractivity contribution in [1.82, 2.24) is 15.1 Å². The van der Waals surface area contributed by atoms with Crippen LogP contribution < -0.4 is 5.32 Å². The van der Waals surface area contributed by atoms with E-state index in [0.717, 1.165) is 51.1 Å². The van der Waals surface area contributed by atoms with E-state index >= 15 is 0 Å². The van der Waals surface area contributed by atoms with Gasteiger partial charge < -0.3 is 15.1 Å². The third-order valence-corrected chi connectivity index (χ3v) is 8.33. The second-order valence-corrected chi connectivity index (χ2v) is 13.3. The van der Waals surface area contributed by atoms with Gasteiger partial charge in [-0.15, -0.1) is 0 Å². The average Bonchev–Trinajstić information content (AvgIpc) is 2.78. The Hall–Kier alpha value is -1.53. The lowest BCUT2D eigenvalue weighted by atomic mass is 9.81. The number of carbonyl (C=O) groups is 2. The molecule has 2 amide bonds. The number of unbranched alkanes of at least 4 members (excludes halogenated alkanes) is 1. The first-order chi connectivity index (χ1) is 16.1. The van der Waals surface area contributed by atoms with Crippen molar-refractivity contribution in [3.05, 3.63) is 35.9 Å². The van der Waals surface area contributed by atoms with Crippen molar-refractivity contribution in [2.75, 3.05) is 31.9 Å². The first-order valence-electron chi connectivity index (χ1n) is 13.1. The molecular weight excluding hydrogens is 442 g/mol. The molecule has 2 fully saturated rings. The zero-order valence-electron chi connectivity index (χ0n) is 21.9. The molecule has 1 atom stereocenters. The number of rotatable bonds is 10. The minimum Gasteiger partial charge on any atom is -0.342 e. The Morgan fingerprint density at radius 2 is 1.74 bits per heavy atom. The highest BCUT2D eigenvalue weighted by molar-refractivity contribution is 8.00. The van der Waals surface area contributed by atoms with Gasteiger partial charge in [0.1, 0.15) is 11.6 Å². The van der Waals surface area contributed by atoms with Gasteiger partial charge in [0.05, 0.1) is 0 Å². The normalized spacial score (nSPS) is 21.4. The van der Waals surface area contributed by atoms with Gasteiger partial charge in [-0.05, 0) is 56.6 Å². The van der Waals surface area contributed by atoms with Crippen molar-refractivity contribution < 1.29 is 9.59 Å². The smallest absolute Gasteiger partial charge is 0.246 e. The van der Waals surface area contributed by atoms with Crippen molar-refractivity contribution in [2.24, 2.45) is 5.92 Å². The molecule has 1 aromatic carbocycles. The Morgan fingerprint density at radius 3 is 2.35 bits per heavy atom. The fourth-order valence-corrected chi connectivity index (χ4v) is 6.11. The topological polar surface area (TPSA) is 52.7 Å². The van der Waals surface area contributed by atoms with Crippen LogP contribution in [-0.4, -0.2) is 69.9 Å². The Bertz CT molecular complexity index is 798. The molecule has 0 radical (unpaired) electrons. The standard InChI is InChI=1S/C28H45N3O2S/c1-22(2)21-24-25(32)31(19-20-34-27(3,4)5)28(26(33)29-24)14-17-30(18-15-28)16-10-9-13-23-11-7-6-8-12-23/h6-8,11-12,22,24H,9-10,13-21H2,1-5H3,(H,29,33)/t24-/m0/s1. The summed E-state index contributed by atoms with van der Waals surface area (Å²) in [5.74, 6) is 1.43. The number of nitrogens with zero attached hydrogens (tertiary/aromatic N) is 2. The number of piperazine rings is 1. The summed E-state index contributed by atoms with van der Waals surface area (Å²) in [6.45, 7) is 14.3. The molecule has 1 aromatic rings. The van der Waals surface area contributed by atoms with Crippen molar-refractivity contribution in [1.29, 1.82) is 0 Å². The summed E-state index contributed by atoms with van der Waals surface area (Å²) in [6.07, 6.45) is 5.63. The number of piperidine rings is 1. The number of benzene rings is 1. The van der Waals surface area contributed by atoms with E-state index in [1.165, 1.54) is 12.0 Å². The molecule has 2 aliphatic heterocycles. The molecule has 1 spiro atoms. The third-order valence-electron chi connectivity index (χ3n) is 7.08. The summed E-state index contributed by atoms with van der Waals surface area (Å²) in [7, 11) is 0. The number of carbonyl (C=O) groups excluding carboxylic acids is 2. The predicted molar refractivity (Wildman–Crippen MR) is 143 cm³/mol. The maximum Gasteiger partial charge on any atom is 0.246 e. The molecule has 1 N–H and O–H groups in total. The molecule has 0 unspecified atom stereocenters. The Kier molecular flexibility index (Phi) is 9.50. The highest BCUT2D eigenvalue weighted by Gasteiger charge is 2.53. The van der Waals surface area contributed by atoms with E-state index in [0.29, 0.717) is 18.9 Å². The van der Waals surface area contributed by atoms with E-state index in [1.807, 2.05) is 16.7 Å². The van der Waals surface area contributed by atoms with Gasteiger partial charge >= 0.3 is 0 Å². The second-order valence-electron chi connectivity index (χ2n) is 11.4. The van der Waals surface area contributed by atoms with E-state index in [4.69, 9.17) is 0 Å². The number of hydrogen-bond donors (Lipinski definition) is 1. The van der Waals surface area contributed by atoms with E-state index in [2.05, 4.69) is 75.2 Å². The number of nitrogens with one attached hydrogen (secondary N) is 1. The molecule has 0 aromatic heterocycles. The van der Waals surface area contributed by atoms with Crippen LogP contribution in [0.2, 0.25) is 0 Å². The van der Waals surface area contributed by atoms with Crippen molar-refractivity contribution in [2.45, 2.75) is 89.5 Å². The number of hydrogen-bond acceptors (Lipinski definition) is 4. The summed E-state index contributed by atoms with van der Waals surface area (Å²) >= 11 is 1.87. The maximum atomic E-state index is 13.6. The lowest BCUT2D eigenvalue weighted by Crippen LogP contribution is -2.73. The summed E-state index contributed by atoms with van der Waals surface area (Å²) in [4.78, 5) is 31.5. The Balaban J connectivity index is 1.59. The van der Waals surface area contributed by atoms with Gasteiger partial charge in [-0.3, -0.25) is 9.59 Å². The molecule has 0 aliphatic carbocycles. The highest BCUT2D eigenvalue weighted by Crippen LogP contribution is 2.35. The van der Waals surface area contributed by atoms with Gasteiger partial charge in [-0.25, -0.2) is 0 Å². The third kappa shape index (κ3) is 7.24. The Labute approximate surface area is 211 Å². The molecule has 3 rings (SSSR count). The number of aryl methyl sites for hydroxylation is 1. The molecule has 0 saturated carbocycles. The molecule has 5 nitrogen and oxygen atoms in total. The van der Waals surface area contributed by atoms with Crippen LogP contribution in [0.25, 0.3) is 0 Å². The van der Waals surface area contributed by atoms with Crippen LogP contribution in [0.4, 0.5) is 0 Å². The molecule has 2 saturated heterocycles. The van der Waals surface area contributed by atoms with Gasteiger partial charge in [0, 0.05) is 30.1 Å². The van der Waals surface area contributed by atoms with E-state index < -0.39 is 5.54 Å². The largest absolute Gasteiger partial charge is 0.342 e. The van der Waals surface area contributed by atoms with Crippen molar-refractivity contribution >= 4 is 23.6 Å². The van der Waals surface area contributed by atoms with Crippen LogP contribution in [0.15, 0.2) is 30.3 Å². The number of likely N-dealkylation sites (tertiary alicyclic amines) is 1. The monoisotopic (exact) mass is 487 g/mol. The second kappa shape index (κ2) is 11.9. The minimum absolute atomic E-state index is 0.0715. The molecule has 6 heteroatoms. The average molecular weight is 488 g/mol. The van der Waals surface area contributed by atoms with Crippen LogP contribution >= 0.6 is 11.8 Å². The maximum absolute atomic E-state index is 13.6. The van der Waals surface area contributed by atoms with E-state index in [9.17, 15) is 9.59 Å². The summed E-state index contributed by atoms with van der Waals surface area (Å²) in [5, 5.41) is 3.12. The van der Waals surface area contributed by atoms with Crippen LogP contribution in [0.5, 0.6) is 0 Å². The van der Waals surface area contributed by atoms with E-state index in [-0.39, 0.29) is 22.6 Å². The van der Waals surface area contributed by atoms with Crippen LogP contribution in [-0.2, 0) is 16.0 Å². The highest BCUT2D eigenvalue weighted by atomic mass is 32.2. The summed E-state index contributed by atoms with van der Waals surface area (Å²) < 4.78 is 0.148. The van der Waals surface area contributed by atoms with Crippen LogP contribution in [0.3, 0.4) is 0 Å². The van der Waals surface area contributed by atoms with Crippen LogP contribution in [0, 0.1) is 5.92 Å². The summed E-state index contributed by atoms with van der Waals surface area (Å²) in [6, 6.07) is 10.3. The lowest BCUT2D eigenvalue weighted by Gasteiger charge is -2.52. The van der Waals surface area contributed by atoms with Gasteiger partial charge in [-0.1, -0.05) is 65.0 Å². The zero-order chi connectivity index (χ0) is 24.8. The molecule has 2 aliphatic rings. The van der Waals surface area contributed by atoms with Crippen LogP contribution in [0.1, 0.15) is 72.3 Å². The Morgan fingerprint density at radius 1 is 1.06 bits per heavy atom. The van der Waals surface area contributed by atoms with Gasteiger partial charge in [0.2, 0.25) is 11.8 Å². The van der Waals surface area contributed by atoms with E-state index in [1.54, 1.807) is 0 Å². The first kappa shape index (κ1) is 27.1. The van der Waals surface area contributed by atoms with Crippen molar-refractivity contribution in [3.8, 4) is 0 Å². The van der Waals surface area contributed by atoms with Gasteiger partial charge in [0.25, 0.3) is 0 Å². The molecule has 2 heterocycles. The summed E-state index contributed by atoms with van der Waals surface area (Å²) in [5.41, 5.74) is 0.723. The number of thioether (sulfide) groups is 1.